The van der Waals surface area contributed by atoms with E-state index in [9.17, 15) is 14.0 Å². The smallest absolute Gasteiger partial charge is 0.358 e. The Morgan fingerprint density at radius 3 is 2.05 bits per heavy atom. The van der Waals surface area contributed by atoms with Crippen molar-refractivity contribution in [3.63, 3.8) is 0 Å². The summed E-state index contributed by atoms with van der Waals surface area (Å²) in [6.07, 6.45) is 0. The lowest BCUT2D eigenvalue weighted by atomic mass is 10.1. The number of carbonyl (C=O) groups is 2. The van der Waals surface area contributed by atoms with Crippen molar-refractivity contribution in [3.8, 4) is 0 Å². The molecular formula is C15H19FO5. The highest BCUT2D eigenvalue weighted by molar-refractivity contribution is 6.03. The SMILES string of the molecule is CCOC(=O)C(F)(COCc1ccccc1)C(=O)OCC. The van der Waals surface area contributed by atoms with E-state index in [1.54, 1.807) is 24.3 Å². The van der Waals surface area contributed by atoms with Gasteiger partial charge in [0.2, 0.25) is 0 Å². The first-order valence-corrected chi connectivity index (χ1v) is 6.69. The summed E-state index contributed by atoms with van der Waals surface area (Å²) >= 11 is 0. The van der Waals surface area contributed by atoms with Crippen LogP contribution in [-0.4, -0.2) is 37.4 Å². The highest BCUT2D eigenvalue weighted by Crippen LogP contribution is 2.18. The highest BCUT2D eigenvalue weighted by Gasteiger charge is 2.50. The molecule has 6 heteroatoms. The molecular weight excluding hydrogens is 279 g/mol. The number of ether oxygens (including phenoxy) is 3. The second-order valence-corrected chi connectivity index (χ2v) is 4.22. The van der Waals surface area contributed by atoms with E-state index in [0.717, 1.165) is 5.56 Å². The van der Waals surface area contributed by atoms with Gasteiger partial charge >= 0.3 is 17.6 Å². The van der Waals surface area contributed by atoms with E-state index in [1.165, 1.54) is 13.8 Å². The van der Waals surface area contributed by atoms with Crippen LogP contribution in [0.4, 0.5) is 4.39 Å². The van der Waals surface area contributed by atoms with Crippen molar-refractivity contribution in [1.82, 2.24) is 0 Å². The fraction of sp³-hybridized carbons (Fsp3) is 0.467. The molecule has 0 radical (unpaired) electrons. The summed E-state index contributed by atoms with van der Waals surface area (Å²) in [4.78, 5) is 23.3. The number of alkyl halides is 1. The van der Waals surface area contributed by atoms with Gasteiger partial charge in [0.05, 0.1) is 19.8 Å². The minimum Gasteiger partial charge on any atom is -0.463 e. The molecule has 0 unspecified atom stereocenters. The molecule has 1 aromatic rings. The van der Waals surface area contributed by atoms with Crippen LogP contribution in [-0.2, 0) is 30.4 Å². The zero-order valence-electron chi connectivity index (χ0n) is 12.1. The van der Waals surface area contributed by atoms with Gasteiger partial charge in [-0.15, -0.1) is 0 Å². The molecule has 116 valence electrons. The van der Waals surface area contributed by atoms with Crippen molar-refractivity contribution < 1.29 is 28.2 Å². The molecule has 0 saturated heterocycles. The summed E-state index contributed by atoms with van der Waals surface area (Å²) < 4.78 is 28.9. The van der Waals surface area contributed by atoms with Crippen LogP contribution in [0.2, 0.25) is 0 Å². The van der Waals surface area contributed by atoms with E-state index >= 15 is 0 Å². The zero-order chi connectivity index (χ0) is 15.7. The predicted molar refractivity (Wildman–Crippen MR) is 73.2 cm³/mol. The number of esters is 2. The van der Waals surface area contributed by atoms with Crippen LogP contribution >= 0.6 is 0 Å². The van der Waals surface area contributed by atoms with Gasteiger partial charge in [-0.2, -0.15) is 0 Å². The fourth-order valence-electron chi connectivity index (χ4n) is 1.58. The molecule has 0 aliphatic heterocycles. The van der Waals surface area contributed by atoms with Crippen molar-refractivity contribution in [2.45, 2.75) is 26.1 Å². The van der Waals surface area contributed by atoms with Gasteiger partial charge in [0, 0.05) is 0 Å². The molecule has 0 aromatic heterocycles. The zero-order valence-corrected chi connectivity index (χ0v) is 12.1. The van der Waals surface area contributed by atoms with Gasteiger partial charge in [0.15, 0.2) is 0 Å². The van der Waals surface area contributed by atoms with Crippen LogP contribution in [0.15, 0.2) is 30.3 Å². The highest BCUT2D eigenvalue weighted by atomic mass is 19.1. The molecule has 21 heavy (non-hydrogen) atoms. The second kappa shape index (κ2) is 8.36. The van der Waals surface area contributed by atoms with E-state index in [4.69, 9.17) is 4.74 Å². The van der Waals surface area contributed by atoms with Crippen molar-refractivity contribution in [3.05, 3.63) is 35.9 Å². The Kier molecular flexibility index (Phi) is 6.81. The first-order valence-electron chi connectivity index (χ1n) is 6.69. The second-order valence-electron chi connectivity index (χ2n) is 4.22. The number of rotatable bonds is 8. The van der Waals surface area contributed by atoms with Crippen LogP contribution in [0.5, 0.6) is 0 Å². The summed E-state index contributed by atoms with van der Waals surface area (Å²) in [5.41, 5.74) is -2.14. The molecule has 0 N–H and O–H groups in total. The van der Waals surface area contributed by atoms with Crippen LogP contribution < -0.4 is 0 Å². The largest absolute Gasteiger partial charge is 0.463 e. The topological polar surface area (TPSA) is 61.8 Å². The van der Waals surface area contributed by atoms with Crippen molar-refractivity contribution in [2.75, 3.05) is 19.8 Å². The summed E-state index contributed by atoms with van der Waals surface area (Å²) in [6.45, 7) is 2.29. The lowest BCUT2D eigenvalue weighted by Gasteiger charge is -2.21. The first-order chi connectivity index (χ1) is 10.0. The van der Waals surface area contributed by atoms with Crippen molar-refractivity contribution in [2.24, 2.45) is 0 Å². The molecule has 5 nitrogen and oxygen atoms in total. The Morgan fingerprint density at radius 1 is 1.05 bits per heavy atom. The molecule has 1 aromatic carbocycles. The first kappa shape index (κ1) is 17.1. The Morgan fingerprint density at radius 2 is 1.57 bits per heavy atom. The van der Waals surface area contributed by atoms with Gasteiger partial charge in [-0.25, -0.2) is 14.0 Å². The Balaban J connectivity index is 2.68. The summed E-state index contributed by atoms with van der Waals surface area (Å²) in [7, 11) is 0. The van der Waals surface area contributed by atoms with Crippen LogP contribution in [0.1, 0.15) is 19.4 Å². The predicted octanol–water partition coefficient (Wildman–Crippen LogP) is 2.04. The van der Waals surface area contributed by atoms with Crippen molar-refractivity contribution in [1.29, 1.82) is 0 Å². The minimum atomic E-state index is -2.94. The third kappa shape index (κ3) is 4.82. The Bertz CT molecular complexity index is 442. The van der Waals surface area contributed by atoms with Crippen LogP contribution in [0, 0.1) is 0 Å². The van der Waals surface area contributed by atoms with Gasteiger partial charge in [-0.3, -0.25) is 0 Å². The van der Waals surface area contributed by atoms with Gasteiger partial charge in [-0.1, -0.05) is 30.3 Å². The molecule has 0 aliphatic rings. The minimum absolute atomic E-state index is 0.0391. The third-order valence-corrected chi connectivity index (χ3v) is 2.61. The monoisotopic (exact) mass is 298 g/mol. The van der Waals surface area contributed by atoms with E-state index < -0.39 is 24.2 Å². The molecule has 0 saturated carbocycles. The summed E-state index contributed by atoms with van der Waals surface area (Å²) in [6, 6.07) is 9.01. The molecule has 0 bridgehead atoms. The maximum Gasteiger partial charge on any atom is 0.358 e. The average Bonchev–Trinajstić information content (AvgIpc) is 2.48. The van der Waals surface area contributed by atoms with Gasteiger partial charge in [0.1, 0.15) is 6.61 Å². The molecule has 0 fully saturated rings. The number of carbonyl (C=O) groups excluding carboxylic acids is 2. The quantitative estimate of drug-likeness (QED) is 0.543. The van der Waals surface area contributed by atoms with E-state index in [2.05, 4.69) is 9.47 Å². The van der Waals surface area contributed by atoms with Crippen molar-refractivity contribution >= 4 is 11.9 Å². The maximum absolute atomic E-state index is 14.6. The lowest BCUT2D eigenvalue weighted by Crippen LogP contribution is -2.48. The number of hydrogen-bond donors (Lipinski definition) is 0. The number of benzene rings is 1. The standard InChI is InChI=1S/C15H19FO5/c1-3-20-13(17)15(16,14(18)21-4-2)11-19-10-12-8-6-5-7-9-12/h5-9H,3-4,10-11H2,1-2H3. The van der Waals surface area contributed by atoms with Crippen LogP contribution in [0.3, 0.4) is 0 Å². The van der Waals surface area contributed by atoms with E-state index in [0.29, 0.717) is 0 Å². The van der Waals surface area contributed by atoms with Gasteiger partial charge < -0.3 is 14.2 Å². The molecule has 0 aliphatic carbocycles. The average molecular weight is 298 g/mol. The molecule has 0 spiro atoms. The maximum atomic E-state index is 14.6. The normalized spacial score (nSPS) is 11.0. The lowest BCUT2D eigenvalue weighted by molar-refractivity contribution is -0.179. The fourth-order valence-corrected chi connectivity index (χ4v) is 1.58. The molecule has 0 amide bonds. The van der Waals surface area contributed by atoms with E-state index in [1.807, 2.05) is 6.07 Å². The summed E-state index contributed by atoms with van der Waals surface area (Å²) in [5, 5.41) is 0. The Hall–Kier alpha value is -1.95. The van der Waals surface area contributed by atoms with Gasteiger partial charge in [-0.05, 0) is 19.4 Å². The molecule has 0 heterocycles. The third-order valence-electron chi connectivity index (χ3n) is 2.61. The van der Waals surface area contributed by atoms with Gasteiger partial charge in [0.25, 0.3) is 0 Å². The number of halogens is 1. The Labute approximate surface area is 123 Å². The molecule has 0 atom stereocenters. The summed E-state index contributed by atoms with van der Waals surface area (Å²) in [5.74, 6) is -2.59. The van der Waals surface area contributed by atoms with Crippen LogP contribution in [0.25, 0.3) is 0 Å². The molecule has 1 rings (SSSR count). The number of hydrogen-bond acceptors (Lipinski definition) is 5. The van der Waals surface area contributed by atoms with E-state index in [-0.39, 0.29) is 19.8 Å².